The highest BCUT2D eigenvalue weighted by Crippen LogP contribution is 2.43. The molecule has 1 saturated carbocycles. The maximum atomic E-state index is 14.6. The average molecular weight is 526 g/mol. The largest absolute Gasteiger partial charge is 0.454 e. The molecule has 12 heteroatoms. The fourth-order valence-corrected chi connectivity index (χ4v) is 5.37. The molecule has 0 unspecified atom stereocenters. The summed E-state index contributed by atoms with van der Waals surface area (Å²) in [4.78, 5) is 33.4. The van der Waals surface area contributed by atoms with Gasteiger partial charge in [0, 0.05) is 12.7 Å². The van der Waals surface area contributed by atoms with Crippen molar-refractivity contribution in [3.05, 3.63) is 71.0 Å². The number of benzene rings is 2. The Bertz CT molecular complexity index is 1480. The van der Waals surface area contributed by atoms with Gasteiger partial charge in [0.25, 0.3) is 11.7 Å². The summed E-state index contributed by atoms with van der Waals surface area (Å²) in [7, 11) is 1.66. The van der Waals surface area contributed by atoms with Gasteiger partial charge in [-0.15, -0.1) is 0 Å². The molecule has 1 aliphatic carbocycles. The van der Waals surface area contributed by atoms with Crippen molar-refractivity contribution >= 4 is 35.0 Å². The van der Waals surface area contributed by atoms with Crippen molar-refractivity contribution in [2.24, 2.45) is 4.99 Å². The second kappa shape index (κ2) is 8.67. The Morgan fingerprint density at radius 2 is 1.89 bits per heavy atom. The molecule has 3 aliphatic rings. The molecule has 1 amide bonds. The Labute approximate surface area is 214 Å². The van der Waals surface area contributed by atoms with Gasteiger partial charge in [-0.3, -0.25) is 19.4 Å². The molecule has 0 saturated heterocycles. The van der Waals surface area contributed by atoms with Gasteiger partial charge in [-0.1, -0.05) is 24.3 Å². The van der Waals surface area contributed by atoms with E-state index in [1.54, 1.807) is 7.05 Å². The van der Waals surface area contributed by atoms with Gasteiger partial charge in [-0.05, 0) is 49.1 Å². The number of rotatable bonds is 5. The second-order valence-electron chi connectivity index (χ2n) is 9.57. The van der Waals surface area contributed by atoms with Gasteiger partial charge in [-0.25, -0.2) is 14.1 Å². The predicted octanol–water partition coefficient (Wildman–Crippen LogP) is 4.74. The minimum atomic E-state index is -5.18. The predicted molar refractivity (Wildman–Crippen MR) is 131 cm³/mol. The standard InChI is InChI=1S/C26H22F4N6O2/c1-34-24(38)20-22(31-15-6-3-2-4-7-15)35(33-23(20)36-19-9-5-8-18(19)32-25(34)36)13-14-10-11-16(17(27)12-14)21(37)26(28,29)30/h2-4,6-7,10-12,18-19,31H,5,8-9,13H2,1H3/t18-,19+/m1/s1. The average Bonchev–Trinajstić information content (AvgIpc) is 3.56. The third kappa shape index (κ3) is 3.82. The first kappa shape index (κ1) is 24.1. The van der Waals surface area contributed by atoms with Gasteiger partial charge in [-0.2, -0.15) is 18.3 Å². The highest BCUT2D eigenvalue weighted by Gasteiger charge is 2.49. The number of anilines is 3. The van der Waals surface area contributed by atoms with E-state index in [1.165, 1.54) is 15.6 Å². The highest BCUT2D eigenvalue weighted by atomic mass is 19.4. The number of hydrogen-bond acceptors (Lipinski definition) is 6. The van der Waals surface area contributed by atoms with E-state index in [0.717, 1.165) is 31.4 Å². The Morgan fingerprint density at radius 3 is 2.61 bits per heavy atom. The molecule has 1 N–H and O–H groups in total. The van der Waals surface area contributed by atoms with Crippen LogP contribution < -0.4 is 10.2 Å². The molecule has 2 aromatic carbocycles. The van der Waals surface area contributed by atoms with Gasteiger partial charge in [0.05, 0.1) is 24.2 Å². The van der Waals surface area contributed by atoms with Crippen LogP contribution in [0.15, 0.2) is 53.5 Å². The monoisotopic (exact) mass is 526 g/mol. The molecule has 1 fully saturated rings. The van der Waals surface area contributed by atoms with Crippen LogP contribution >= 0.6 is 0 Å². The number of hydrogen-bond donors (Lipinski definition) is 1. The fraction of sp³-hybridized carbons (Fsp3) is 0.308. The summed E-state index contributed by atoms with van der Waals surface area (Å²) in [6.07, 6.45) is -2.36. The Morgan fingerprint density at radius 1 is 1.13 bits per heavy atom. The Balaban J connectivity index is 1.43. The molecule has 2 aliphatic heterocycles. The van der Waals surface area contributed by atoms with E-state index in [0.29, 0.717) is 28.8 Å². The third-order valence-electron chi connectivity index (χ3n) is 7.16. The van der Waals surface area contributed by atoms with E-state index >= 15 is 0 Å². The van der Waals surface area contributed by atoms with Crippen molar-refractivity contribution in [2.75, 3.05) is 17.3 Å². The van der Waals surface area contributed by atoms with Crippen LogP contribution in [-0.4, -0.2) is 57.6 Å². The number of guanidine groups is 1. The number of amides is 1. The van der Waals surface area contributed by atoms with E-state index in [9.17, 15) is 27.2 Å². The molecule has 196 valence electrons. The first-order valence-electron chi connectivity index (χ1n) is 12.1. The SMILES string of the molecule is CN1C(=O)c2c(nn(Cc3ccc(C(=O)C(F)(F)F)c(F)c3)c2Nc2ccccc2)N2C1=N[C@@H]1CCC[C@@H]12. The number of nitrogens with zero attached hydrogens (tertiary/aromatic N) is 5. The molecule has 2 atom stereocenters. The van der Waals surface area contributed by atoms with Crippen molar-refractivity contribution in [3.63, 3.8) is 0 Å². The third-order valence-corrected chi connectivity index (χ3v) is 7.16. The van der Waals surface area contributed by atoms with Gasteiger partial charge in [0.2, 0.25) is 5.96 Å². The zero-order valence-electron chi connectivity index (χ0n) is 20.2. The highest BCUT2D eigenvalue weighted by molar-refractivity contribution is 6.21. The molecule has 0 bridgehead atoms. The van der Waals surface area contributed by atoms with Crippen LogP contribution in [0.4, 0.5) is 34.9 Å². The smallest absolute Gasteiger partial charge is 0.340 e. The van der Waals surface area contributed by atoms with E-state index < -0.39 is 23.3 Å². The van der Waals surface area contributed by atoms with Crippen LogP contribution in [0.1, 0.15) is 45.5 Å². The molecule has 3 heterocycles. The van der Waals surface area contributed by atoms with Crippen LogP contribution in [0, 0.1) is 5.82 Å². The van der Waals surface area contributed by atoms with Crippen molar-refractivity contribution in [1.29, 1.82) is 0 Å². The molecule has 0 radical (unpaired) electrons. The lowest BCUT2D eigenvalue weighted by atomic mass is 10.1. The van der Waals surface area contributed by atoms with Crippen LogP contribution in [0.5, 0.6) is 0 Å². The van der Waals surface area contributed by atoms with E-state index in [1.807, 2.05) is 35.2 Å². The maximum Gasteiger partial charge on any atom is 0.454 e. The number of fused-ring (bicyclic) bond motifs is 5. The topological polar surface area (TPSA) is 82.8 Å². The van der Waals surface area contributed by atoms with Gasteiger partial charge in [0.1, 0.15) is 17.2 Å². The summed E-state index contributed by atoms with van der Waals surface area (Å²) in [5, 5.41) is 7.98. The summed E-state index contributed by atoms with van der Waals surface area (Å²) < 4.78 is 54.6. The van der Waals surface area contributed by atoms with Crippen LogP contribution in [0.25, 0.3) is 0 Å². The maximum absolute atomic E-state index is 14.6. The molecule has 6 rings (SSSR count). The number of nitrogens with one attached hydrogen (secondary N) is 1. The number of halogens is 4. The fourth-order valence-electron chi connectivity index (χ4n) is 5.37. The first-order valence-corrected chi connectivity index (χ1v) is 12.1. The lowest BCUT2D eigenvalue weighted by Gasteiger charge is -2.34. The van der Waals surface area contributed by atoms with Gasteiger partial charge < -0.3 is 5.32 Å². The molecule has 0 spiro atoms. The number of Topliss-reactive ketones (excluding diaryl/α,β-unsaturated/α-hetero) is 1. The number of aliphatic imine (C=N–C) groups is 1. The Hall–Kier alpha value is -4.22. The minimum absolute atomic E-state index is 0.0645. The van der Waals surface area contributed by atoms with E-state index in [4.69, 9.17) is 10.1 Å². The van der Waals surface area contributed by atoms with Crippen LogP contribution in [0.3, 0.4) is 0 Å². The Kier molecular flexibility index (Phi) is 5.51. The molecular weight excluding hydrogens is 504 g/mol. The van der Waals surface area contributed by atoms with Crippen molar-refractivity contribution in [3.8, 4) is 0 Å². The summed E-state index contributed by atoms with van der Waals surface area (Å²) in [5.41, 5.74) is 0.230. The lowest BCUT2D eigenvalue weighted by Crippen LogP contribution is -2.51. The summed E-state index contributed by atoms with van der Waals surface area (Å²) in [6, 6.07) is 12.2. The number of aromatic nitrogens is 2. The number of carbonyl (C=O) groups is 2. The molecule has 1 aromatic heterocycles. The summed E-state index contributed by atoms with van der Waals surface area (Å²) in [5.74, 6) is -2.50. The first-order chi connectivity index (χ1) is 18.1. The van der Waals surface area contributed by atoms with E-state index in [-0.39, 0.29) is 30.1 Å². The van der Waals surface area contributed by atoms with Gasteiger partial charge in [0.15, 0.2) is 5.82 Å². The zero-order valence-corrected chi connectivity index (χ0v) is 20.2. The normalized spacial score (nSPS) is 20.2. The van der Waals surface area contributed by atoms with Crippen LogP contribution in [-0.2, 0) is 6.54 Å². The minimum Gasteiger partial charge on any atom is -0.340 e. The molecule has 8 nitrogen and oxygen atoms in total. The molecular formula is C26H22F4N6O2. The summed E-state index contributed by atoms with van der Waals surface area (Å²) >= 11 is 0. The quantitative estimate of drug-likeness (QED) is 0.384. The van der Waals surface area contributed by atoms with Gasteiger partial charge >= 0.3 is 6.18 Å². The van der Waals surface area contributed by atoms with E-state index in [2.05, 4.69) is 5.32 Å². The van der Waals surface area contributed by atoms with Crippen molar-refractivity contribution in [2.45, 2.75) is 44.1 Å². The number of alkyl halides is 3. The number of ketones is 1. The molecule has 3 aromatic rings. The second-order valence-corrected chi connectivity index (χ2v) is 9.57. The summed E-state index contributed by atoms with van der Waals surface area (Å²) in [6.45, 7) is -0.0645. The molecule has 38 heavy (non-hydrogen) atoms. The number of carbonyl (C=O) groups excluding carboxylic acids is 2. The van der Waals surface area contributed by atoms with Crippen molar-refractivity contribution in [1.82, 2.24) is 14.7 Å². The van der Waals surface area contributed by atoms with Crippen molar-refractivity contribution < 1.29 is 27.2 Å². The lowest BCUT2D eigenvalue weighted by molar-refractivity contribution is -0.0887. The zero-order chi connectivity index (χ0) is 26.8. The van der Waals surface area contributed by atoms with Crippen LogP contribution in [0.2, 0.25) is 0 Å². The number of para-hydroxylation sites is 1.